The molecule has 0 N–H and O–H groups in total. The van der Waals surface area contributed by atoms with Crippen molar-refractivity contribution in [2.45, 2.75) is 31.7 Å². The Labute approximate surface area is 142 Å². The van der Waals surface area contributed by atoms with E-state index >= 15 is 0 Å². The molecule has 0 aromatic heterocycles. The minimum absolute atomic E-state index is 0.0137. The van der Waals surface area contributed by atoms with Crippen molar-refractivity contribution in [1.82, 2.24) is 4.90 Å². The van der Waals surface area contributed by atoms with Gasteiger partial charge in [0.25, 0.3) is 0 Å². The highest BCUT2D eigenvalue weighted by Gasteiger charge is 2.23. The first kappa shape index (κ1) is 16.4. The van der Waals surface area contributed by atoms with E-state index in [0.717, 1.165) is 31.4 Å². The average molecular weight is 323 g/mol. The number of hydrogen-bond donors (Lipinski definition) is 0. The topological polar surface area (TPSA) is 20.3 Å². The van der Waals surface area contributed by atoms with Crippen LogP contribution in [0.4, 0.5) is 4.39 Å². The Balaban J connectivity index is 1.58. The molecular formula is C21H22FNO. The molecule has 1 unspecified atom stereocenters. The lowest BCUT2D eigenvalue weighted by molar-refractivity contribution is -0.116. The third kappa shape index (κ3) is 4.31. The summed E-state index contributed by atoms with van der Waals surface area (Å²) in [5.41, 5.74) is 2.36. The highest BCUT2D eigenvalue weighted by molar-refractivity contribution is 5.90. The molecule has 2 aromatic carbocycles. The monoisotopic (exact) mass is 323 g/mol. The van der Waals surface area contributed by atoms with Gasteiger partial charge in [-0.3, -0.25) is 4.79 Å². The van der Waals surface area contributed by atoms with Crippen LogP contribution in [0.25, 0.3) is 0 Å². The second-order valence-corrected chi connectivity index (χ2v) is 6.23. The number of carbonyl (C=O) groups excluding carboxylic acids is 1. The molecule has 0 spiro atoms. The Bertz CT molecular complexity index is 694. The van der Waals surface area contributed by atoms with Gasteiger partial charge in [-0.15, -0.1) is 0 Å². The molecule has 24 heavy (non-hydrogen) atoms. The fourth-order valence-corrected chi connectivity index (χ4v) is 3.15. The zero-order valence-electron chi connectivity index (χ0n) is 13.7. The van der Waals surface area contributed by atoms with E-state index < -0.39 is 0 Å². The van der Waals surface area contributed by atoms with Crippen LogP contribution < -0.4 is 0 Å². The maximum Gasteiger partial charge on any atom is 0.159 e. The second kappa shape index (κ2) is 7.91. The predicted molar refractivity (Wildman–Crippen MR) is 94.0 cm³/mol. The summed E-state index contributed by atoms with van der Waals surface area (Å²) < 4.78 is 13.1. The molecule has 0 saturated heterocycles. The molecule has 1 aliphatic rings. The van der Waals surface area contributed by atoms with E-state index in [-0.39, 0.29) is 17.6 Å². The fraction of sp³-hybridized carbons (Fsp3) is 0.286. The lowest BCUT2D eigenvalue weighted by atomic mass is 9.97. The van der Waals surface area contributed by atoms with Gasteiger partial charge in [0.2, 0.25) is 0 Å². The number of rotatable bonds is 6. The molecule has 0 aliphatic carbocycles. The van der Waals surface area contributed by atoms with Gasteiger partial charge in [0.15, 0.2) is 5.78 Å². The van der Waals surface area contributed by atoms with Crippen LogP contribution >= 0.6 is 0 Å². The number of halogens is 1. The normalized spacial score (nSPS) is 17.3. The number of allylic oxidation sites excluding steroid dienone is 1. The Hall–Kier alpha value is -2.42. The highest BCUT2D eigenvalue weighted by atomic mass is 19.1. The van der Waals surface area contributed by atoms with Gasteiger partial charge in [-0.1, -0.05) is 42.5 Å². The van der Waals surface area contributed by atoms with Crippen molar-refractivity contribution in [1.29, 1.82) is 0 Å². The Morgan fingerprint density at radius 2 is 1.75 bits per heavy atom. The average Bonchev–Trinajstić information content (AvgIpc) is 2.61. The van der Waals surface area contributed by atoms with Gasteiger partial charge in [0.1, 0.15) is 5.82 Å². The highest BCUT2D eigenvalue weighted by Crippen LogP contribution is 2.28. The van der Waals surface area contributed by atoms with Gasteiger partial charge in [-0.2, -0.15) is 0 Å². The molecule has 2 nitrogen and oxygen atoms in total. The largest absolute Gasteiger partial charge is 0.370 e. The van der Waals surface area contributed by atoms with Crippen LogP contribution in [0.15, 0.2) is 66.9 Å². The van der Waals surface area contributed by atoms with E-state index in [9.17, 15) is 9.18 Å². The van der Waals surface area contributed by atoms with Crippen molar-refractivity contribution < 1.29 is 9.18 Å². The van der Waals surface area contributed by atoms with E-state index in [4.69, 9.17) is 0 Å². The number of ketones is 1. The maximum absolute atomic E-state index is 13.1. The van der Waals surface area contributed by atoms with Crippen LogP contribution in [0, 0.1) is 5.82 Å². The van der Waals surface area contributed by atoms with Crippen LogP contribution in [0.1, 0.15) is 36.4 Å². The number of hydrogen-bond acceptors (Lipinski definition) is 2. The Morgan fingerprint density at radius 1 is 1.00 bits per heavy atom. The molecular weight excluding hydrogens is 301 g/mol. The van der Waals surface area contributed by atoms with Crippen molar-refractivity contribution in [3.63, 3.8) is 0 Å². The zero-order valence-corrected chi connectivity index (χ0v) is 13.7. The van der Waals surface area contributed by atoms with Crippen molar-refractivity contribution in [2.75, 3.05) is 6.54 Å². The summed E-state index contributed by atoms with van der Waals surface area (Å²) in [6.45, 7) is 0.901. The van der Waals surface area contributed by atoms with E-state index in [1.807, 2.05) is 12.3 Å². The first-order valence-corrected chi connectivity index (χ1v) is 8.48. The number of unbranched alkanes of at least 4 members (excludes halogenated alkanes) is 1. The lowest BCUT2D eigenvalue weighted by Crippen LogP contribution is -2.30. The van der Waals surface area contributed by atoms with E-state index in [1.165, 1.54) is 17.7 Å². The Kier molecular flexibility index (Phi) is 5.42. The first-order valence-electron chi connectivity index (χ1n) is 8.48. The van der Waals surface area contributed by atoms with Gasteiger partial charge in [0.05, 0.1) is 6.04 Å². The fourth-order valence-electron chi connectivity index (χ4n) is 3.15. The third-order valence-corrected chi connectivity index (χ3v) is 4.48. The van der Waals surface area contributed by atoms with Gasteiger partial charge in [-0.25, -0.2) is 4.39 Å². The van der Waals surface area contributed by atoms with Crippen LogP contribution in [0.2, 0.25) is 0 Å². The molecule has 2 aromatic rings. The molecule has 1 atom stereocenters. The molecule has 3 rings (SSSR count). The van der Waals surface area contributed by atoms with Gasteiger partial charge in [-0.05, 0) is 48.6 Å². The summed E-state index contributed by atoms with van der Waals surface area (Å²) in [6, 6.07) is 17.0. The number of carbonyl (C=O) groups is 1. The van der Waals surface area contributed by atoms with E-state index in [1.54, 1.807) is 18.2 Å². The zero-order chi connectivity index (χ0) is 16.8. The lowest BCUT2D eigenvalue weighted by Gasteiger charge is -2.33. The Morgan fingerprint density at radius 3 is 2.50 bits per heavy atom. The standard InChI is InChI=1S/C21H22FNO/c22-19-11-9-18(10-12-19)21-16-20(24)13-15-23(21)14-5-4-8-17-6-2-1-3-7-17/h1-3,6-7,9-13,15,21H,4-5,8,14,16H2. The quantitative estimate of drug-likeness (QED) is 0.720. The molecule has 1 aliphatic heterocycles. The first-order chi connectivity index (χ1) is 11.7. The molecule has 0 saturated carbocycles. The summed E-state index contributed by atoms with van der Waals surface area (Å²) in [5.74, 6) is -0.115. The van der Waals surface area contributed by atoms with Gasteiger partial charge in [0, 0.05) is 19.2 Å². The van der Waals surface area contributed by atoms with Gasteiger partial charge >= 0.3 is 0 Å². The molecule has 0 fully saturated rings. The summed E-state index contributed by atoms with van der Waals surface area (Å²) >= 11 is 0. The minimum Gasteiger partial charge on any atom is -0.370 e. The minimum atomic E-state index is -0.245. The summed E-state index contributed by atoms with van der Waals surface area (Å²) in [4.78, 5) is 14.0. The van der Waals surface area contributed by atoms with Crippen molar-refractivity contribution in [2.24, 2.45) is 0 Å². The van der Waals surface area contributed by atoms with E-state index in [2.05, 4.69) is 29.2 Å². The maximum atomic E-state index is 13.1. The third-order valence-electron chi connectivity index (χ3n) is 4.48. The molecule has 124 valence electrons. The van der Waals surface area contributed by atoms with Crippen LogP contribution in [0.5, 0.6) is 0 Å². The molecule has 1 heterocycles. The van der Waals surface area contributed by atoms with Crippen molar-refractivity contribution >= 4 is 5.78 Å². The summed E-state index contributed by atoms with van der Waals surface area (Å²) in [5, 5.41) is 0. The number of aryl methyl sites for hydroxylation is 1. The van der Waals surface area contributed by atoms with Crippen molar-refractivity contribution in [3.05, 3.63) is 83.8 Å². The number of benzene rings is 2. The van der Waals surface area contributed by atoms with Gasteiger partial charge < -0.3 is 4.90 Å². The number of nitrogens with zero attached hydrogens (tertiary/aromatic N) is 1. The summed E-state index contributed by atoms with van der Waals surface area (Å²) in [7, 11) is 0. The van der Waals surface area contributed by atoms with Crippen LogP contribution in [-0.4, -0.2) is 17.2 Å². The molecule has 0 radical (unpaired) electrons. The van der Waals surface area contributed by atoms with Crippen molar-refractivity contribution in [3.8, 4) is 0 Å². The van der Waals surface area contributed by atoms with Crippen LogP contribution in [-0.2, 0) is 11.2 Å². The molecule has 3 heteroatoms. The van der Waals surface area contributed by atoms with Crippen LogP contribution in [0.3, 0.4) is 0 Å². The smallest absolute Gasteiger partial charge is 0.159 e. The second-order valence-electron chi connectivity index (χ2n) is 6.23. The molecule has 0 bridgehead atoms. The summed E-state index contributed by atoms with van der Waals surface area (Å²) in [6.07, 6.45) is 7.24. The molecule has 0 amide bonds. The van der Waals surface area contributed by atoms with E-state index in [0.29, 0.717) is 6.42 Å². The SMILES string of the molecule is O=C1C=CN(CCCCc2ccccc2)C(c2ccc(F)cc2)C1. The predicted octanol–water partition coefficient (Wildman–Crippen LogP) is 4.68.